The van der Waals surface area contributed by atoms with E-state index in [-0.39, 0.29) is 17.3 Å². The molecule has 1 aliphatic heterocycles. The van der Waals surface area contributed by atoms with E-state index < -0.39 is 0 Å². The quantitative estimate of drug-likeness (QED) is 0.804. The normalized spacial score (nSPS) is 14.7. The van der Waals surface area contributed by atoms with Gasteiger partial charge < -0.3 is 4.90 Å². The van der Waals surface area contributed by atoms with E-state index in [2.05, 4.69) is 21.5 Å². The molecule has 7 heteroatoms. The number of nitrogens with zero attached hydrogens (tertiary/aromatic N) is 5. The van der Waals surface area contributed by atoms with Crippen LogP contribution in [0.3, 0.4) is 0 Å². The second-order valence-electron chi connectivity index (χ2n) is 6.89. The zero-order chi connectivity index (χ0) is 16.8. The Balaban J connectivity index is 1.98. The van der Waals surface area contributed by atoms with Crippen molar-refractivity contribution in [1.29, 1.82) is 0 Å². The highest BCUT2D eigenvalue weighted by Crippen LogP contribution is 2.36. The lowest BCUT2D eigenvalue weighted by molar-refractivity contribution is 0.0974. The minimum Gasteiger partial charge on any atom is -0.304 e. The van der Waals surface area contributed by atoms with Crippen LogP contribution in [0.15, 0.2) is 12.1 Å². The van der Waals surface area contributed by atoms with Crippen molar-refractivity contribution in [2.45, 2.75) is 46.1 Å². The summed E-state index contributed by atoms with van der Waals surface area (Å²) in [5, 5.41) is 12.7. The molecule has 0 aliphatic carbocycles. The number of aromatic nitrogens is 4. The Kier molecular flexibility index (Phi) is 3.88. The fraction of sp³-hybridized carbons (Fsp3) is 0.500. The van der Waals surface area contributed by atoms with Crippen molar-refractivity contribution in [1.82, 2.24) is 20.2 Å². The molecule has 6 nitrogen and oxygen atoms in total. The van der Waals surface area contributed by atoms with Crippen LogP contribution in [0.25, 0.3) is 0 Å². The summed E-state index contributed by atoms with van der Waals surface area (Å²) in [7, 11) is 0. The number of anilines is 1. The number of hydrogen-bond acceptors (Lipinski definition) is 4. The van der Waals surface area contributed by atoms with Crippen molar-refractivity contribution in [3.8, 4) is 0 Å². The van der Waals surface area contributed by atoms with Gasteiger partial charge in [0.05, 0.1) is 16.2 Å². The van der Waals surface area contributed by atoms with Gasteiger partial charge in [-0.2, -0.15) is 4.80 Å². The number of hydrogen-bond donors (Lipinski definition) is 0. The van der Waals surface area contributed by atoms with Gasteiger partial charge in [-0.25, -0.2) is 0 Å². The van der Waals surface area contributed by atoms with Crippen molar-refractivity contribution < 1.29 is 4.79 Å². The van der Waals surface area contributed by atoms with Crippen LogP contribution in [0.5, 0.6) is 0 Å². The van der Waals surface area contributed by atoms with Gasteiger partial charge in [0.25, 0.3) is 11.7 Å². The third kappa shape index (κ3) is 2.95. The van der Waals surface area contributed by atoms with Gasteiger partial charge in [0, 0.05) is 6.54 Å². The smallest absolute Gasteiger partial charge is 0.299 e. The van der Waals surface area contributed by atoms with Crippen LogP contribution in [0, 0.1) is 6.92 Å². The zero-order valence-electron chi connectivity index (χ0n) is 13.8. The molecule has 2 heterocycles. The molecule has 1 aliphatic rings. The molecule has 0 N–H and O–H groups in total. The minimum absolute atomic E-state index is 0.101. The van der Waals surface area contributed by atoms with Crippen LogP contribution in [0.4, 0.5) is 5.69 Å². The van der Waals surface area contributed by atoms with E-state index in [0.717, 1.165) is 29.7 Å². The Labute approximate surface area is 140 Å². The summed E-state index contributed by atoms with van der Waals surface area (Å²) < 4.78 is 0. The van der Waals surface area contributed by atoms with Crippen LogP contribution >= 0.6 is 11.6 Å². The number of aryl methyl sites for hydroxylation is 2. The van der Waals surface area contributed by atoms with Gasteiger partial charge in [0.15, 0.2) is 0 Å². The second kappa shape index (κ2) is 5.60. The standard InChI is InChI=1S/C16H20ClN5O/c1-10-8-11-6-5-7-21(13(11)12(17)9-10)15(23)14-18-20-22(19-14)16(2,3)4/h8-9H,5-7H2,1-4H3. The monoisotopic (exact) mass is 333 g/mol. The van der Waals surface area contributed by atoms with Gasteiger partial charge in [-0.3, -0.25) is 4.79 Å². The predicted molar refractivity (Wildman–Crippen MR) is 89.0 cm³/mol. The fourth-order valence-corrected chi connectivity index (χ4v) is 3.14. The molecule has 2 aromatic rings. The SMILES string of the molecule is Cc1cc(Cl)c2c(c1)CCCN2C(=O)c1nnn(C(C)(C)C)n1. The molecule has 122 valence electrons. The van der Waals surface area contributed by atoms with Gasteiger partial charge in [-0.1, -0.05) is 17.7 Å². The number of rotatable bonds is 1. The van der Waals surface area contributed by atoms with Crippen molar-refractivity contribution in [2.75, 3.05) is 11.4 Å². The molecule has 0 fully saturated rings. The first-order valence-corrected chi connectivity index (χ1v) is 8.06. The van der Waals surface area contributed by atoms with E-state index in [9.17, 15) is 4.79 Å². The van der Waals surface area contributed by atoms with Gasteiger partial charge >= 0.3 is 0 Å². The highest BCUT2D eigenvalue weighted by molar-refractivity contribution is 6.34. The number of carbonyl (C=O) groups is 1. The first-order chi connectivity index (χ1) is 10.8. The topological polar surface area (TPSA) is 63.9 Å². The van der Waals surface area contributed by atoms with Crippen LogP contribution in [0.1, 0.15) is 48.9 Å². The third-order valence-corrected chi connectivity index (χ3v) is 4.12. The lowest BCUT2D eigenvalue weighted by Crippen LogP contribution is -2.36. The van der Waals surface area contributed by atoms with Crippen LogP contribution < -0.4 is 4.90 Å². The molecule has 3 rings (SSSR count). The Hall–Kier alpha value is -1.95. The lowest BCUT2D eigenvalue weighted by Gasteiger charge is -2.29. The molecule has 1 aromatic carbocycles. The maximum Gasteiger partial charge on any atom is 0.299 e. The number of benzene rings is 1. The Morgan fingerprint density at radius 1 is 1.30 bits per heavy atom. The number of tetrazole rings is 1. The molecule has 0 unspecified atom stereocenters. The molecule has 0 atom stereocenters. The highest BCUT2D eigenvalue weighted by atomic mass is 35.5. The van der Waals surface area contributed by atoms with Gasteiger partial charge in [-0.15, -0.1) is 10.2 Å². The summed E-state index contributed by atoms with van der Waals surface area (Å²) >= 11 is 6.40. The molecule has 23 heavy (non-hydrogen) atoms. The summed E-state index contributed by atoms with van der Waals surface area (Å²) in [6, 6.07) is 3.96. The Morgan fingerprint density at radius 2 is 2.04 bits per heavy atom. The van der Waals surface area contributed by atoms with E-state index in [0.29, 0.717) is 11.6 Å². The molecule has 0 saturated carbocycles. The lowest BCUT2D eigenvalue weighted by atomic mass is 9.99. The third-order valence-electron chi connectivity index (χ3n) is 3.83. The number of amides is 1. The van der Waals surface area contributed by atoms with Crippen molar-refractivity contribution in [2.24, 2.45) is 0 Å². The molecular formula is C16H20ClN5O. The maximum absolute atomic E-state index is 12.8. The van der Waals surface area contributed by atoms with Crippen molar-refractivity contribution in [3.63, 3.8) is 0 Å². The van der Waals surface area contributed by atoms with Crippen LogP contribution in [-0.2, 0) is 12.0 Å². The Morgan fingerprint density at radius 3 is 2.70 bits per heavy atom. The number of fused-ring (bicyclic) bond motifs is 1. The molecule has 0 spiro atoms. The first kappa shape index (κ1) is 15.9. The van der Waals surface area contributed by atoms with Crippen LogP contribution in [-0.4, -0.2) is 32.7 Å². The molecule has 0 radical (unpaired) electrons. The minimum atomic E-state index is -0.319. The summed E-state index contributed by atoms with van der Waals surface area (Å²) in [5.41, 5.74) is 2.65. The van der Waals surface area contributed by atoms with Crippen LogP contribution in [0.2, 0.25) is 5.02 Å². The van der Waals surface area contributed by atoms with Crippen molar-refractivity contribution in [3.05, 3.63) is 34.1 Å². The predicted octanol–water partition coefficient (Wildman–Crippen LogP) is 2.98. The first-order valence-electron chi connectivity index (χ1n) is 7.69. The van der Waals surface area contributed by atoms with Gasteiger partial charge in [-0.05, 0) is 62.9 Å². The van der Waals surface area contributed by atoms with Gasteiger partial charge in [0.2, 0.25) is 0 Å². The number of carbonyl (C=O) groups excluding carboxylic acids is 1. The maximum atomic E-state index is 12.8. The Bertz CT molecular complexity index is 762. The second-order valence-corrected chi connectivity index (χ2v) is 7.30. The zero-order valence-corrected chi connectivity index (χ0v) is 14.6. The summed E-state index contributed by atoms with van der Waals surface area (Å²) in [4.78, 5) is 16.0. The van der Waals surface area contributed by atoms with E-state index in [1.807, 2.05) is 33.8 Å². The average Bonchev–Trinajstić information content (AvgIpc) is 2.95. The summed E-state index contributed by atoms with van der Waals surface area (Å²) in [6.07, 6.45) is 1.81. The van der Waals surface area contributed by atoms with Gasteiger partial charge in [0.1, 0.15) is 0 Å². The number of halogens is 1. The average molecular weight is 334 g/mol. The van der Waals surface area contributed by atoms with E-state index in [4.69, 9.17) is 11.6 Å². The molecule has 1 aromatic heterocycles. The van der Waals surface area contributed by atoms with E-state index in [1.54, 1.807) is 4.90 Å². The van der Waals surface area contributed by atoms with Crippen molar-refractivity contribution >= 4 is 23.2 Å². The summed E-state index contributed by atoms with van der Waals surface area (Å²) in [6.45, 7) is 8.48. The van der Waals surface area contributed by atoms with E-state index >= 15 is 0 Å². The van der Waals surface area contributed by atoms with E-state index in [1.165, 1.54) is 4.80 Å². The molecular weight excluding hydrogens is 314 g/mol. The molecule has 1 amide bonds. The summed E-state index contributed by atoms with van der Waals surface area (Å²) in [5.74, 6) is -0.156. The largest absolute Gasteiger partial charge is 0.304 e. The highest BCUT2D eigenvalue weighted by Gasteiger charge is 2.29. The molecule has 0 bridgehead atoms. The fourth-order valence-electron chi connectivity index (χ4n) is 2.75. The molecule has 0 saturated heterocycles.